The lowest BCUT2D eigenvalue weighted by Crippen LogP contribution is -2.20. The number of benzene rings is 1. The van der Waals surface area contributed by atoms with Crippen LogP contribution < -0.4 is 0 Å². The highest BCUT2D eigenvalue weighted by Crippen LogP contribution is 2.24. The van der Waals surface area contributed by atoms with Gasteiger partial charge in [-0.2, -0.15) is 0 Å². The molecule has 0 radical (unpaired) electrons. The van der Waals surface area contributed by atoms with Gasteiger partial charge in [-0.15, -0.1) is 0 Å². The number of hydrogen-bond donors (Lipinski definition) is 0. The highest BCUT2D eigenvalue weighted by Gasteiger charge is 2.24. The van der Waals surface area contributed by atoms with Crippen molar-refractivity contribution in [2.75, 3.05) is 0 Å². The third-order valence-corrected chi connectivity index (χ3v) is 1.94. The molecule has 0 saturated carbocycles. The molecule has 13 heavy (non-hydrogen) atoms. The van der Waals surface area contributed by atoms with Crippen molar-refractivity contribution in [3.05, 3.63) is 35.4 Å². The van der Waals surface area contributed by atoms with Gasteiger partial charge in [0.15, 0.2) is 11.6 Å². The van der Waals surface area contributed by atoms with E-state index >= 15 is 0 Å². The molecule has 0 amide bonds. The van der Waals surface area contributed by atoms with E-state index in [4.69, 9.17) is 0 Å². The maximum atomic E-state index is 13.2. The van der Waals surface area contributed by atoms with E-state index < -0.39 is 17.0 Å². The molecule has 0 aromatic heterocycles. The van der Waals surface area contributed by atoms with E-state index in [2.05, 4.69) is 0 Å². The van der Waals surface area contributed by atoms with Crippen LogP contribution >= 0.6 is 0 Å². The van der Waals surface area contributed by atoms with Gasteiger partial charge in [0.2, 0.25) is 0 Å². The van der Waals surface area contributed by atoms with Gasteiger partial charge in [0.05, 0.1) is 0 Å². The number of carbonyl (C=O) groups is 1. The second-order valence-electron chi connectivity index (χ2n) is 3.44. The Bertz CT molecular complexity index is 332. The summed E-state index contributed by atoms with van der Waals surface area (Å²) in [6, 6.07) is 3.82. The van der Waals surface area contributed by atoms with Crippen molar-refractivity contribution in [2.45, 2.75) is 19.3 Å². The van der Waals surface area contributed by atoms with Crippen molar-refractivity contribution >= 4 is 6.29 Å². The van der Waals surface area contributed by atoms with Gasteiger partial charge in [0, 0.05) is 11.0 Å². The molecular formula is C10H10F2O. The van der Waals surface area contributed by atoms with Crippen LogP contribution in [0.4, 0.5) is 8.78 Å². The SMILES string of the molecule is CC(C)(C=O)c1cccc(F)c1F. The van der Waals surface area contributed by atoms with E-state index in [1.165, 1.54) is 26.0 Å². The van der Waals surface area contributed by atoms with E-state index in [1.807, 2.05) is 0 Å². The third kappa shape index (κ3) is 1.74. The van der Waals surface area contributed by atoms with Crippen molar-refractivity contribution in [1.82, 2.24) is 0 Å². The molecule has 0 atom stereocenters. The van der Waals surface area contributed by atoms with Crippen LogP contribution in [0.25, 0.3) is 0 Å². The van der Waals surface area contributed by atoms with Crippen LogP contribution in [0.3, 0.4) is 0 Å². The second kappa shape index (κ2) is 3.24. The highest BCUT2D eigenvalue weighted by molar-refractivity contribution is 5.67. The molecule has 0 fully saturated rings. The van der Waals surface area contributed by atoms with E-state index in [-0.39, 0.29) is 5.56 Å². The minimum atomic E-state index is -0.980. The summed E-state index contributed by atoms with van der Waals surface area (Å²) in [5.41, 5.74) is -0.894. The van der Waals surface area contributed by atoms with Crippen molar-refractivity contribution in [2.24, 2.45) is 0 Å². The summed E-state index contributed by atoms with van der Waals surface area (Å²) in [6.45, 7) is 3.08. The fourth-order valence-electron chi connectivity index (χ4n) is 1.06. The summed E-state index contributed by atoms with van der Waals surface area (Å²) in [5, 5.41) is 0. The predicted octanol–water partition coefficient (Wildman–Crippen LogP) is 2.44. The van der Waals surface area contributed by atoms with Crippen LogP contribution in [-0.2, 0) is 10.2 Å². The van der Waals surface area contributed by atoms with Gasteiger partial charge in [-0.05, 0) is 19.9 Å². The lowest BCUT2D eigenvalue weighted by atomic mass is 9.86. The van der Waals surface area contributed by atoms with E-state index in [0.717, 1.165) is 6.07 Å². The van der Waals surface area contributed by atoms with Gasteiger partial charge < -0.3 is 4.79 Å². The lowest BCUT2D eigenvalue weighted by molar-refractivity contribution is -0.111. The molecule has 3 heteroatoms. The molecule has 1 rings (SSSR count). The Morgan fingerprint density at radius 1 is 1.31 bits per heavy atom. The molecule has 1 aromatic carbocycles. The molecule has 0 spiro atoms. The van der Waals surface area contributed by atoms with Crippen molar-refractivity contribution in [3.63, 3.8) is 0 Å². The Balaban J connectivity index is 3.30. The van der Waals surface area contributed by atoms with Crippen LogP contribution in [-0.4, -0.2) is 6.29 Å². The summed E-state index contributed by atoms with van der Waals surface area (Å²) < 4.78 is 25.9. The van der Waals surface area contributed by atoms with Gasteiger partial charge in [-0.25, -0.2) is 8.78 Å². The van der Waals surface area contributed by atoms with Gasteiger partial charge >= 0.3 is 0 Å². The average molecular weight is 184 g/mol. The van der Waals surface area contributed by atoms with Crippen LogP contribution in [0, 0.1) is 11.6 Å². The largest absolute Gasteiger partial charge is 0.302 e. The summed E-state index contributed by atoms with van der Waals surface area (Å²) in [7, 11) is 0. The first kappa shape index (κ1) is 9.84. The molecular weight excluding hydrogens is 174 g/mol. The van der Waals surface area contributed by atoms with Crippen LogP contribution in [0.5, 0.6) is 0 Å². The fraction of sp³-hybridized carbons (Fsp3) is 0.300. The average Bonchev–Trinajstić information content (AvgIpc) is 2.09. The fourth-order valence-corrected chi connectivity index (χ4v) is 1.06. The quantitative estimate of drug-likeness (QED) is 0.645. The van der Waals surface area contributed by atoms with Crippen molar-refractivity contribution < 1.29 is 13.6 Å². The van der Waals surface area contributed by atoms with Crippen molar-refractivity contribution in [3.8, 4) is 0 Å². The first-order valence-corrected chi connectivity index (χ1v) is 3.90. The summed E-state index contributed by atoms with van der Waals surface area (Å²) >= 11 is 0. The normalized spacial score (nSPS) is 11.4. The monoisotopic (exact) mass is 184 g/mol. The predicted molar refractivity (Wildman–Crippen MR) is 45.4 cm³/mol. The maximum absolute atomic E-state index is 13.2. The standard InChI is InChI=1S/C10H10F2O/c1-10(2,6-13)7-4-3-5-8(11)9(7)12/h3-6H,1-2H3. The van der Waals surface area contributed by atoms with E-state index in [1.54, 1.807) is 0 Å². The number of halogens is 2. The molecule has 0 unspecified atom stereocenters. The first-order valence-electron chi connectivity index (χ1n) is 3.90. The molecule has 1 aromatic rings. The number of rotatable bonds is 2. The molecule has 0 bridgehead atoms. The first-order chi connectivity index (χ1) is 5.99. The second-order valence-corrected chi connectivity index (χ2v) is 3.44. The summed E-state index contributed by atoms with van der Waals surface area (Å²) in [6.07, 6.45) is 0.602. The zero-order valence-electron chi connectivity index (χ0n) is 7.47. The molecule has 1 nitrogen and oxygen atoms in total. The zero-order chi connectivity index (χ0) is 10.1. The van der Waals surface area contributed by atoms with Gasteiger partial charge in [-0.3, -0.25) is 0 Å². The number of aldehydes is 1. The maximum Gasteiger partial charge on any atom is 0.162 e. The third-order valence-electron chi connectivity index (χ3n) is 1.94. The molecule has 70 valence electrons. The lowest BCUT2D eigenvalue weighted by Gasteiger charge is -2.17. The molecule has 0 aliphatic rings. The summed E-state index contributed by atoms with van der Waals surface area (Å²) in [4.78, 5) is 10.6. The van der Waals surface area contributed by atoms with Crippen LogP contribution in [0.2, 0.25) is 0 Å². The Hall–Kier alpha value is -1.25. The Kier molecular flexibility index (Phi) is 2.45. The Morgan fingerprint density at radius 3 is 2.46 bits per heavy atom. The van der Waals surface area contributed by atoms with Crippen molar-refractivity contribution in [1.29, 1.82) is 0 Å². The van der Waals surface area contributed by atoms with Gasteiger partial charge in [0.25, 0.3) is 0 Å². The molecule has 0 aliphatic carbocycles. The summed E-state index contributed by atoms with van der Waals surface area (Å²) in [5.74, 6) is -1.87. The van der Waals surface area contributed by atoms with Gasteiger partial charge in [-0.1, -0.05) is 12.1 Å². The minimum Gasteiger partial charge on any atom is -0.302 e. The number of hydrogen-bond acceptors (Lipinski definition) is 1. The van der Waals surface area contributed by atoms with E-state index in [0.29, 0.717) is 6.29 Å². The topological polar surface area (TPSA) is 17.1 Å². The van der Waals surface area contributed by atoms with Crippen LogP contribution in [0.15, 0.2) is 18.2 Å². The molecule has 0 saturated heterocycles. The zero-order valence-corrected chi connectivity index (χ0v) is 7.47. The van der Waals surface area contributed by atoms with Crippen LogP contribution in [0.1, 0.15) is 19.4 Å². The molecule has 0 N–H and O–H groups in total. The minimum absolute atomic E-state index is 0.0856. The Labute approximate surface area is 75.4 Å². The van der Waals surface area contributed by atoms with Gasteiger partial charge in [0.1, 0.15) is 6.29 Å². The Morgan fingerprint density at radius 2 is 1.92 bits per heavy atom. The highest BCUT2D eigenvalue weighted by atomic mass is 19.2. The van der Waals surface area contributed by atoms with E-state index in [9.17, 15) is 13.6 Å². The smallest absolute Gasteiger partial charge is 0.162 e. The molecule has 0 aliphatic heterocycles. The molecule has 0 heterocycles. The number of carbonyl (C=O) groups excluding carboxylic acids is 1.